The predicted molar refractivity (Wildman–Crippen MR) is 149 cm³/mol. The van der Waals surface area contributed by atoms with Crippen molar-refractivity contribution < 1.29 is 23.8 Å². The molecule has 0 radical (unpaired) electrons. The van der Waals surface area contributed by atoms with Crippen molar-refractivity contribution in [3.8, 4) is 5.75 Å². The first-order chi connectivity index (χ1) is 18.1. The number of amides is 1. The average molecular weight is 525 g/mol. The summed E-state index contributed by atoms with van der Waals surface area (Å²) >= 11 is 0. The summed E-state index contributed by atoms with van der Waals surface area (Å²) in [6.07, 6.45) is 2.75. The van der Waals surface area contributed by atoms with E-state index in [1.54, 1.807) is 0 Å². The highest BCUT2D eigenvalue weighted by Crippen LogP contribution is 2.18. The third-order valence-corrected chi connectivity index (χ3v) is 6.30. The molecule has 2 atom stereocenters. The van der Waals surface area contributed by atoms with Crippen molar-refractivity contribution in [2.75, 3.05) is 13.2 Å². The first kappa shape index (κ1) is 29.7. The first-order valence-corrected chi connectivity index (χ1v) is 13.7. The molecule has 1 aliphatic heterocycles. The van der Waals surface area contributed by atoms with Crippen LogP contribution in [-0.4, -0.2) is 48.8 Å². The molecule has 2 unspecified atom stereocenters. The zero-order valence-corrected chi connectivity index (χ0v) is 23.5. The quantitative estimate of drug-likeness (QED) is 0.387. The number of rotatable bonds is 12. The van der Waals surface area contributed by atoms with E-state index in [9.17, 15) is 9.59 Å². The maximum absolute atomic E-state index is 13.5. The summed E-state index contributed by atoms with van der Waals surface area (Å²) in [5.41, 5.74) is 1.34. The summed E-state index contributed by atoms with van der Waals surface area (Å²) in [7, 11) is 0. The molecular weight excluding hydrogens is 480 g/mol. The first-order valence-electron chi connectivity index (χ1n) is 13.7. The van der Waals surface area contributed by atoms with E-state index in [2.05, 4.69) is 24.5 Å². The van der Waals surface area contributed by atoms with Crippen molar-refractivity contribution in [2.45, 2.75) is 90.6 Å². The molecule has 0 aromatic heterocycles. The standard InChI is InChI=1S/C31H44N2O5/c1-22(2)19-27(32-25-15-17-36-18-16-25)29(34)33-28(30(35)38-31(3,4)5)20-23-11-13-26(14-12-23)37-21-24-9-7-6-8-10-24/h6-14,22,25,27-28,32H,15-21H2,1-5H3,(H,33,34). The second-order valence-electron chi connectivity index (χ2n) is 11.5. The number of esters is 1. The lowest BCUT2D eigenvalue weighted by Crippen LogP contribution is -2.55. The second kappa shape index (κ2) is 14.3. The van der Waals surface area contributed by atoms with Gasteiger partial charge in [0.15, 0.2) is 0 Å². The highest BCUT2D eigenvalue weighted by Gasteiger charge is 2.31. The van der Waals surface area contributed by atoms with Crippen LogP contribution < -0.4 is 15.4 Å². The Morgan fingerprint density at radius 1 is 0.947 bits per heavy atom. The van der Waals surface area contributed by atoms with Gasteiger partial charge in [-0.1, -0.05) is 56.3 Å². The SMILES string of the molecule is CC(C)CC(NC1CCOCC1)C(=O)NC(Cc1ccc(OCc2ccccc2)cc1)C(=O)OC(C)(C)C. The van der Waals surface area contributed by atoms with Gasteiger partial charge in [0.25, 0.3) is 0 Å². The Balaban J connectivity index is 1.68. The molecule has 38 heavy (non-hydrogen) atoms. The van der Waals surface area contributed by atoms with E-state index in [0.29, 0.717) is 38.6 Å². The van der Waals surface area contributed by atoms with Crippen molar-refractivity contribution >= 4 is 11.9 Å². The van der Waals surface area contributed by atoms with E-state index >= 15 is 0 Å². The van der Waals surface area contributed by atoms with E-state index in [0.717, 1.165) is 29.7 Å². The van der Waals surface area contributed by atoms with Crippen LogP contribution in [0, 0.1) is 5.92 Å². The fraction of sp³-hybridized carbons (Fsp3) is 0.548. The molecule has 0 spiro atoms. The van der Waals surface area contributed by atoms with E-state index in [1.807, 2.05) is 75.4 Å². The number of benzene rings is 2. The minimum absolute atomic E-state index is 0.177. The Kier molecular flexibility index (Phi) is 11.2. The number of hydrogen-bond donors (Lipinski definition) is 2. The van der Waals surface area contributed by atoms with Crippen LogP contribution in [0.1, 0.15) is 65.0 Å². The summed E-state index contributed by atoms with van der Waals surface area (Å²) < 4.78 is 17.0. The molecule has 208 valence electrons. The maximum atomic E-state index is 13.5. The molecule has 0 aliphatic carbocycles. The number of hydrogen-bond acceptors (Lipinski definition) is 6. The number of ether oxygens (including phenoxy) is 3. The Hall–Kier alpha value is -2.90. The van der Waals surface area contributed by atoms with Gasteiger partial charge in [-0.2, -0.15) is 0 Å². The van der Waals surface area contributed by atoms with Gasteiger partial charge in [-0.05, 0) is 69.2 Å². The van der Waals surface area contributed by atoms with Crippen molar-refractivity contribution in [3.63, 3.8) is 0 Å². The third-order valence-electron chi connectivity index (χ3n) is 6.30. The van der Waals surface area contributed by atoms with Gasteiger partial charge < -0.3 is 24.8 Å². The van der Waals surface area contributed by atoms with E-state index in [1.165, 1.54) is 0 Å². The smallest absolute Gasteiger partial charge is 0.329 e. The van der Waals surface area contributed by atoms with Crippen LogP contribution in [0.3, 0.4) is 0 Å². The van der Waals surface area contributed by atoms with Gasteiger partial charge in [0.2, 0.25) is 5.91 Å². The van der Waals surface area contributed by atoms with Gasteiger partial charge in [0.1, 0.15) is 24.0 Å². The van der Waals surface area contributed by atoms with Gasteiger partial charge in [-0.15, -0.1) is 0 Å². The van der Waals surface area contributed by atoms with Gasteiger partial charge >= 0.3 is 5.97 Å². The van der Waals surface area contributed by atoms with Crippen LogP contribution in [0.15, 0.2) is 54.6 Å². The summed E-state index contributed by atoms with van der Waals surface area (Å²) in [5.74, 6) is 0.447. The van der Waals surface area contributed by atoms with Gasteiger partial charge in [0.05, 0.1) is 6.04 Å². The van der Waals surface area contributed by atoms with Gasteiger partial charge in [-0.3, -0.25) is 4.79 Å². The number of carbonyl (C=O) groups excluding carboxylic acids is 2. The fourth-order valence-electron chi connectivity index (χ4n) is 4.41. The summed E-state index contributed by atoms with van der Waals surface area (Å²) in [6, 6.07) is 16.6. The molecule has 0 saturated carbocycles. The fourth-order valence-corrected chi connectivity index (χ4v) is 4.41. The van der Waals surface area contributed by atoms with Crippen LogP contribution in [0.5, 0.6) is 5.75 Å². The third kappa shape index (κ3) is 10.5. The van der Waals surface area contributed by atoms with Crippen molar-refractivity contribution in [2.24, 2.45) is 5.92 Å². The Labute approximate surface area is 227 Å². The average Bonchev–Trinajstić information content (AvgIpc) is 2.87. The molecule has 2 N–H and O–H groups in total. The zero-order valence-electron chi connectivity index (χ0n) is 23.5. The normalized spacial score (nSPS) is 16.1. The Morgan fingerprint density at radius 3 is 2.21 bits per heavy atom. The van der Waals surface area contributed by atoms with E-state index in [4.69, 9.17) is 14.2 Å². The Morgan fingerprint density at radius 2 is 1.61 bits per heavy atom. The molecule has 2 aromatic carbocycles. The van der Waals surface area contributed by atoms with Crippen LogP contribution >= 0.6 is 0 Å². The molecule has 3 rings (SSSR count). The molecule has 1 amide bonds. The zero-order chi connectivity index (χ0) is 27.5. The molecule has 2 aromatic rings. The number of nitrogens with one attached hydrogen (secondary N) is 2. The highest BCUT2D eigenvalue weighted by molar-refractivity contribution is 5.88. The van der Waals surface area contributed by atoms with Crippen molar-refractivity contribution in [3.05, 3.63) is 65.7 Å². The van der Waals surface area contributed by atoms with Crippen LogP contribution in [0.2, 0.25) is 0 Å². The molecule has 7 nitrogen and oxygen atoms in total. The monoisotopic (exact) mass is 524 g/mol. The molecule has 1 aliphatic rings. The maximum Gasteiger partial charge on any atom is 0.329 e. The lowest BCUT2D eigenvalue weighted by molar-refractivity contribution is -0.158. The molecular formula is C31H44N2O5. The van der Waals surface area contributed by atoms with Gasteiger partial charge in [-0.25, -0.2) is 4.79 Å². The molecule has 0 bridgehead atoms. The molecule has 7 heteroatoms. The molecule has 1 heterocycles. The minimum atomic E-state index is -0.802. The van der Waals surface area contributed by atoms with Crippen molar-refractivity contribution in [1.29, 1.82) is 0 Å². The topological polar surface area (TPSA) is 85.9 Å². The summed E-state index contributed by atoms with van der Waals surface area (Å²) in [6.45, 7) is 11.6. The van der Waals surface area contributed by atoms with Crippen LogP contribution in [0.4, 0.5) is 0 Å². The molecule has 1 saturated heterocycles. The van der Waals surface area contributed by atoms with Gasteiger partial charge in [0, 0.05) is 25.7 Å². The van der Waals surface area contributed by atoms with Crippen LogP contribution in [-0.2, 0) is 32.1 Å². The van der Waals surface area contributed by atoms with Crippen LogP contribution in [0.25, 0.3) is 0 Å². The minimum Gasteiger partial charge on any atom is -0.489 e. The van der Waals surface area contributed by atoms with E-state index in [-0.39, 0.29) is 11.9 Å². The van der Waals surface area contributed by atoms with E-state index < -0.39 is 23.7 Å². The predicted octanol–water partition coefficient (Wildman–Crippen LogP) is 4.82. The lowest BCUT2D eigenvalue weighted by atomic mass is 9.99. The summed E-state index contributed by atoms with van der Waals surface area (Å²) in [4.78, 5) is 26.6. The second-order valence-corrected chi connectivity index (χ2v) is 11.5. The number of carbonyl (C=O) groups is 2. The molecule has 1 fully saturated rings. The highest BCUT2D eigenvalue weighted by atomic mass is 16.6. The largest absolute Gasteiger partial charge is 0.489 e. The Bertz CT molecular complexity index is 995. The summed E-state index contributed by atoms with van der Waals surface area (Å²) in [5, 5.41) is 6.52. The van der Waals surface area contributed by atoms with Crippen molar-refractivity contribution in [1.82, 2.24) is 10.6 Å². The lowest BCUT2D eigenvalue weighted by Gasteiger charge is -2.30.